The van der Waals surface area contributed by atoms with Crippen molar-refractivity contribution in [3.05, 3.63) is 11.4 Å². The van der Waals surface area contributed by atoms with Gasteiger partial charge in [0.15, 0.2) is 0 Å². The van der Waals surface area contributed by atoms with E-state index < -0.39 is 6.10 Å². The summed E-state index contributed by atoms with van der Waals surface area (Å²) in [6.07, 6.45) is -0.566. The molecule has 20 heavy (non-hydrogen) atoms. The Labute approximate surface area is 118 Å². The van der Waals surface area contributed by atoms with Crippen molar-refractivity contribution in [1.82, 2.24) is 19.6 Å². The largest absolute Gasteiger partial charge is 0.396 e. The maximum absolute atomic E-state index is 11.6. The number of rotatable bonds is 4. The average molecular weight is 281 g/mol. The van der Waals surface area contributed by atoms with Crippen molar-refractivity contribution in [2.45, 2.75) is 26.5 Å². The predicted octanol–water partition coefficient (Wildman–Crippen LogP) is -0.783. The molecule has 2 rings (SSSR count). The molecular formula is C13H23N5O2. The molecule has 7 nitrogen and oxygen atoms in total. The Morgan fingerprint density at radius 1 is 1.35 bits per heavy atom. The van der Waals surface area contributed by atoms with Crippen LogP contribution in [0.1, 0.15) is 11.4 Å². The number of aryl methyl sites for hydroxylation is 1. The van der Waals surface area contributed by atoms with E-state index in [0.29, 0.717) is 31.9 Å². The molecule has 3 N–H and O–H groups in total. The fourth-order valence-electron chi connectivity index (χ4n) is 2.41. The first kappa shape index (κ1) is 14.8. The van der Waals surface area contributed by atoms with Crippen LogP contribution in [-0.4, -0.2) is 69.9 Å². The van der Waals surface area contributed by atoms with Crippen molar-refractivity contribution in [3.8, 4) is 0 Å². The summed E-state index contributed by atoms with van der Waals surface area (Å²) in [6, 6.07) is 0. The highest BCUT2D eigenvalue weighted by atomic mass is 16.3. The summed E-state index contributed by atoms with van der Waals surface area (Å²) >= 11 is 0. The van der Waals surface area contributed by atoms with Gasteiger partial charge in [-0.3, -0.25) is 14.4 Å². The van der Waals surface area contributed by atoms with Crippen LogP contribution in [0.15, 0.2) is 0 Å². The molecule has 2 heterocycles. The number of amides is 1. The number of β-amino-alcohol motifs (C(OH)–C–C–N with tert-alkyl or cyclic N) is 1. The minimum absolute atomic E-state index is 0.0961. The second-order valence-corrected chi connectivity index (χ2v) is 5.47. The summed E-state index contributed by atoms with van der Waals surface area (Å²) in [6.45, 7) is 6.47. The smallest absolute Gasteiger partial charge is 0.236 e. The van der Waals surface area contributed by atoms with Crippen LogP contribution >= 0.6 is 0 Å². The van der Waals surface area contributed by atoms with Crippen molar-refractivity contribution in [3.63, 3.8) is 0 Å². The fraction of sp³-hybridized carbons (Fsp3) is 0.692. The molecule has 1 aliphatic rings. The molecule has 7 heteroatoms. The highest BCUT2D eigenvalue weighted by Crippen LogP contribution is 2.15. The Hall–Kier alpha value is -1.60. The normalized spacial score (nSPS) is 18.6. The lowest BCUT2D eigenvalue weighted by atomic mass is 10.2. The van der Waals surface area contributed by atoms with E-state index in [-0.39, 0.29) is 5.91 Å². The van der Waals surface area contributed by atoms with Gasteiger partial charge in [0.05, 0.1) is 36.3 Å². The van der Waals surface area contributed by atoms with Gasteiger partial charge in [-0.15, -0.1) is 0 Å². The minimum Gasteiger partial charge on any atom is -0.396 e. The fourth-order valence-corrected chi connectivity index (χ4v) is 2.41. The van der Waals surface area contributed by atoms with Crippen LogP contribution in [0.25, 0.3) is 0 Å². The Balaban J connectivity index is 1.91. The van der Waals surface area contributed by atoms with Crippen molar-refractivity contribution >= 4 is 11.6 Å². The Kier molecular flexibility index (Phi) is 4.29. The quantitative estimate of drug-likeness (QED) is 0.756. The van der Waals surface area contributed by atoms with Crippen LogP contribution in [0.4, 0.5) is 5.69 Å². The van der Waals surface area contributed by atoms with E-state index in [9.17, 15) is 9.90 Å². The Bertz CT molecular complexity index is 499. The van der Waals surface area contributed by atoms with Crippen molar-refractivity contribution < 1.29 is 9.90 Å². The summed E-state index contributed by atoms with van der Waals surface area (Å²) in [5.74, 6) is 0.0961. The van der Waals surface area contributed by atoms with E-state index in [1.54, 1.807) is 16.6 Å². The number of nitrogen functional groups attached to an aromatic ring is 1. The van der Waals surface area contributed by atoms with Gasteiger partial charge in [0.2, 0.25) is 5.91 Å². The first-order valence-corrected chi connectivity index (χ1v) is 6.82. The molecule has 1 amide bonds. The number of aliphatic hydroxyl groups is 1. The van der Waals surface area contributed by atoms with Crippen LogP contribution in [-0.2, 0) is 11.3 Å². The molecule has 0 aromatic carbocycles. The topological polar surface area (TPSA) is 87.6 Å². The SMILES string of the molecule is Cc1nn(CC(O)CN2CCN(C)C(=O)C2)c(C)c1N. The summed E-state index contributed by atoms with van der Waals surface area (Å²) in [7, 11) is 1.80. The van der Waals surface area contributed by atoms with Crippen LogP contribution in [0.2, 0.25) is 0 Å². The zero-order valence-corrected chi connectivity index (χ0v) is 12.3. The molecule has 1 aromatic rings. The Morgan fingerprint density at radius 3 is 2.60 bits per heavy atom. The van der Waals surface area contributed by atoms with Gasteiger partial charge in [-0.2, -0.15) is 5.10 Å². The van der Waals surface area contributed by atoms with Gasteiger partial charge in [0.1, 0.15) is 0 Å². The molecule has 1 unspecified atom stereocenters. The lowest BCUT2D eigenvalue weighted by molar-refractivity contribution is -0.134. The molecule has 1 aliphatic heterocycles. The predicted molar refractivity (Wildman–Crippen MR) is 76.2 cm³/mol. The number of nitrogens with two attached hydrogens (primary N) is 1. The molecule has 0 radical (unpaired) electrons. The summed E-state index contributed by atoms with van der Waals surface area (Å²) in [5, 5.41) is 14.5. The second kappa shape index (κ2) is 5.80. The molecule has 1 atom stereocenters. The van der Waals surface area contributed by atoms with Gasteiger partial charge >= 0.3 is 0 Å². The second-order valence-electron chi connectivity index (χ2n) is 5.47. The van der Waals surface area contributed by atoms with E-state index in [0.717, 1.165) is 17.9 Å². The zero-order valence-electron chi connectivity index (χ0n) is 12.3. The van der Waals surface area contributed by atoms with Crippen LogP contribution in [0.3, 0.4) is 0 Å². The summed E-state index contributed by atoms with van der Waals surface area (Å²) in [5.41, 5.74) is 8.20. The number of hydrogen-bond acceptors (Lipinski definition) is 5. The molecule has 0 spiro atoms. The summed E-state index contributed by atoms with van der Waals surface area (Å²) in [4.78, 5) is 15.3. The molecule has 0 bridgehead atoms. The number of piperazine rings is 1. The number of nitrogens with zero attached hydrogens (tertiary/aromatic N) is 4. The van der Waals surface area contributed by atoms with Crippen molar-refractivity contribution in [2.75, 3.05) is 39.0 Å². The van der Waals surface area contributed by atoms with Gasteiger partial charge in [-0.25, -0.2) is 0 Å². The molecule has 1 saturated heterocycles. The molecule has 0 aliphatic carbocycles. The number of carbonyl (C=O) groups is 1. The lowest BCUT2D eigenvalue weighted by Gasteiger charge is -2.33. The Morgan fingerprint density at radius 2 is 2.05 bits per heavy atom. The van der Waals surface area contributed by atoms with E-state index in [1.165, 1.54) is 0 Å². The van der Waals surface area contributed by atoms with Crippen LogP contribution in [0, 0.1) is 13.8 Å². The third-order valence-electron chi connectivity index (χ3n) is 3.83. The number of aliphatic hydroxyl groups excluding tert-OH is 1. The number of hydrogen-bond donors (Lipinski definition) is 2. The maximum atomic E-state index is 11.6. The number of carbonyl (C=O) groups excluding carboxylic acids is 1. The van der Waals surface area contributed by atoms with E-state index in [2.05, 4.69) is 5.10 Å². The van der Waals surface area contributed by atoms with Crippen molar-refractivity contribution in [1.29, 1.82) is 0 Å². The van der Waals surface area contributed by atoms with Gasteiger partial charge < -0.3 is 15.7 Å². The third kappa shape index (κ3) is 3.10. The van der Waals surface area contributed by atoms with E-state index >= 15 is 0 Å². The van der Waals surface area contributed by atoms with Crippen LogP contribution < -0.4 is 5.73 Å². The molecule has 1 aromatic heterocycles. The average Bonchev–Trinajstić information content (AvgIpc) is 2.61. The minimum atomic E-state index is -0.566. The molecule has 0 saturated carbocycles. The highest BCUT2D eigenvalue weighted by Gasteiger charge is 2.23. The molecule has 1 fully saturated rings. The maximum Gasteiger partial charge on any atom is 0.236 e. The number of likely N-dealkylation sites (N-methyl/N-ethyl adjacent to an activating group) is 1. The lowest BCUT2D eigenvalue weighted by Crippen LogP contribution is -2.50. The van der Waals surface area contributed by atoms with Gasteiger partial charge in [0, 0.05) is 26.7 Å². The highest BCUT2D eigenvalue weighted by molar-refractivity contribution is 5.78. The summed E-state index contributed by atoms with van der Waals surface area (Å²) < 4.78 is 1.73. The van der Waals surface area contributed by atoms with Crippen molar-refractivity contribution in [2.24, 2.45) is 0 Å². The number of aromatic nitrogens is 2. The standard InChI is InChI=1S/C13H23N5O2/c1-9-13(14)10(2)18(15-9)7-11(19)6-17-5-4-16(3)12(20)8-17/h11,19H,4-8,14H2,1-3H3. The first-order valence-electron chi connectivity index (χ1n) is 6.82. The van der Waals surface area contributed by atoms with Gasteiger partial charge in [-0.1, -0.05) is 0 Å². The van der Waals surface area contributed by atoms with E-state index in [1.807, 2.05) is 18.7 Å². The monoisotopic (exact) mass is 281 g/mol. The number of anilines is 1. The van der Waals surface area contributed by atoms with Crippen LogP contribution in [0.5, 0.6) is 0 Å². The molecule has 112 valence electrons. The first-order chi connectivity index (χ1) is 9.38. The third-order valence-corrected chi connectivity index (χ3v) is 3.83. The van der Waals surface area contributed by atoms with Gasteiger partial charge in [0.25, 0.3) is 0 Å². The zero-order chi connectivity index (χ0) is 14.9. The molecular weight excluding hydrogens is 258 g/mol. The van der Waals surface area contributed by atoms with Gasteiger partial charge in [-0.05, 0) is 13.8 Å². The van der Waals surface area contributed by atoms with E-state index in [4.69, 9.17) is 5.73 Å².